The monoisotopic (exact) mass is 376 g/mol. The second-order valence-electron chi connectivity index (χ2n) is 5.81. The van der Waals surface area contributed by atoms with Crippen LogP contribution in [0.15, 0.2) is 0 Å². The summed E-state index contributed by atoms with van der Waals surface area (Å²) >= 11 is 0. The van der Waals surface area contributed by atoms with Gasteiger partial charge in [-0.25, -0.2) is 0 Å². The first-order valence-electron chi connectivity index (χ1n) is 9.71. The second kappa shape index (κ2) is 18.6. The molecule has 0 spiro atoms. The van der Waals surface area contributed by atoms with E-state index in [9.17, 15) is 9.59 Å². The van der Waals surface area contributed by atoms with E-state index in [0.29, 0.717) is 46.2 Å². The minimum Gasteiger partial charge on any atom is -0.466 e. The molecule has 26 heavy (non-hydrogen) atoms. The van der Waals surface area contributed by atoms with Crippen LogP contribution in [0.25, 0.3) is 0 Å². The van der Waals surface area contributed by atoms with Crippen molar-refractivity contribution in [2.24, 2.45) is 5.92 Å². The van der Waals surface area contributed by atoms with Crippen molar-refractivity contribution in [1.29, 1.82) is 0 Å². The standard InChI is InChI=1S/C19H36O7/c1-4-7-8-17(5-2)19(21)26-16-15-24-14-13-23-12-11-22-10-9-18(20)25-6-3/h17H,4-16H2,1-3H3. The van der Waals surface area contributed by atoms with Gasteiger partial charge in [0.2, 0.25) is 0 Å². The van der Waals surface area contributed by atoms with Crippen LogP contribution in [0, 0.1) is 5.92 Å². The zero-order valence-corrected chi connectivity index (χ0v) is 16.6. The smallest absolute Gasteiger partial charge is 0.308 e. The van der Waals surface area contributed by atoms with Gasteiger partial charge in [-0.3, -0.25) is 9.59 Å². The van der Waals surface area contributed by atoms with Gasteiger partial charge in [-0.15, -0.1) is 0 Å². The SMILES string of the molecule is CCCCC(CC)C(=O)OCCOCCOCCOCCC(=O)OCC. The molecule has 0 rings (SSSR count). The number of carbonyl (C=O) groups excluding carboxylic acids is 2. The third-order valence-electron chi connectivity index (χ3n) is 3.70. The van der Waals surface area contributed by atoms with Crippen LogP contribution in [0.1, 0.15) is 52.9 Å². The summed E-state index contributed by atoms with van der Waals surface area (Å²) in [6.45, 7) is 9.02. The van der Waals surface area contributed by atoms with Crippen molar-refractivity contribution in [1.82, 2.24) is 0 Å². The predicted octanol–water partition coefficient (Wildman–Crippen LogP) is 2.75. The molecule has 0 saturated carbocycles. The minimum atomic E-state index is -0.252. The Kier molecular flexibility index (Phi) is 17.8. The summed E-state index contributed by atoms with van der Waals surface area (Å²) in [7, 11) is 0. The van der Waals surface area contributed by atoms with Crippen molar-refractivity contribution in [3.63, 3.8) is 0 Å². The molecule has 0 aromatic rings. The number of esters is 2. The average Bonchev–Trinajstić information content (AvgIpc) is 2.63. The Bertz CT molecular complexity index is 347. The number of ether oxygens (including phenoxy) is 5. The van der Waals surface area contributed by atoms with Crippen LogP contribution in [0.3, 0.4) is 0 Å². The highest BCUT2D eigenvalue weighted by molar-refractivity contribution is 5.72. The second-order valence-corrected chi connectivity index (χ2v) is 5.81. The van der Waals surface area contributed by atoms with Gasteiger partial charge < -0.3 is 23.7 Å². The summed E-state index contributed by atoms with van der Waals surface area (Å²) in [6, 6.07) is 0. The lowest BCUT2D eigenvalue weighted by molar-refractivity contribution is -0.150. The Morgan fingerprint density at radius 1 is 0.769 bits per heavy atom. The van der Waals surface area contributed by atoms with Crippen LogP contribution in [0.4, 0.5) is 0 Å². The van der Waals surface area contributed by atoms with E-state index in [-0.39, 0.29) is 30.9 Å². The van der Waals surface area contributed by atoms with Crippen LogP contribution < -0.4 is 0 Å². The number of hydrogen-bond acceptors (Lipinski definition) is 7. The van der Waals surface area contributed by atoms with Crippen LogP contribution in [-0.4, -0.2) is 64.8 Å². The average molecular weight is 376 g/mol. The molecule has 0 N–H and O–H groups in total. The molecular weight excluding hydrogens is 340 g/mol. The summed E-state index contributed by atoms with van der Waals surface area (Å²) in [5.41, 5.74) is 0. The van der Waals surface area contributed by atoms with E-state index in [1.54, 1.807) is 6.92 Å². The molecule has 1 unspecified atom stereocenters. The molecule has 7 heteroatoms. The van der Waals surface area contributed by atoms with Crippen LogP contribution in [0.5, 0.6) is 0 Å². The summed E-state index contributed by atoms with van der Waals surface area (Å²) in [6.07, 6.45) is 4.10. The zero-order valence-electron chi connectivity index (χ0n) is 16.6. The highest BCUT2D eigenvalue weighted by Gasteiger charge is 2.16. The number of carbonyl (C=O) groups is 2. The molecular formula is C19H36O7. The van der Waals surface area contributed by atoms with Gasteiger partial charge in [0.25, 0.3) is 0 Å². The molecule has 0 aliphatic rings. The molecule has 0 aliphatic carbocycles. The van der Waals surface area contributed by atoms with Crippen molar-refractivity contribution in [2.75, 3.05) is 52.9 Å². The van der Waals surface area contributed by atoms with Crippen molar-refractivity contribution < 1.29 is 33.3 Å². The third-order valence-corrected chi connectivity index (χ3v) is 3.70. The van der Waals surface area contributed by atoms with E-state index in [2.05, 4.69) is 6.92 Å². The Morgan fingerprint density at radius 3 is 1.88 bits per heavy atom. The Balaban J connectivity index is 3.35. The first-order chi connectivity index (χ1) is 12.7. The van der Waals surface area contributed by atoms with E-state index in [4.69, 9.17) is 23.7 Å². The topological polar surface area (TPSA) is 80.3 Å². The van der Waals surface area contributed by atoms with Crippen LogP contribution >= 0.6 is 0 Å². The quantitative estimate of drug-likeness (QED) is 0.269. The Morgan fingerprint density at radius 2 is 1.35 bits per heavy atom. The highest BCUT2D eigenvalue weighted by Crippen LogP contribution is 2.14. The van der Waals surface area contributed by atoms with Crippen molar-refractivity contribution in [3.05, 3.63) is 0 Å². The molecule has 0 fully saturated rings. The molecule has 0 aliphatic heterocycles. The summed E-state index contributed by atoms with van der Waals surface area (Å²) in [5, 5.41) is 0. The molecule has 0 aromatic carbocycles. The largest absolute Gasteiger partial charge is 0.466 e. The zero-order chi connectivity index (χ0) is 19.5. The maximum absolute atomic E-state index is 11.9. The van der Waals surface area contributed by atoms with Gasteiger partial charge in [0, 0.05) is 0 Å². The highest BCUT2D eigenvalue weighted by atomic mass is 16.6. The maximum atomic E-state index is 11.9. The number of rotatable bonds is 18. The minimum absolute atomic E-state index is 0.00196. The number of hydrogen-bond donors (Lipinski definition) is 0. The van der Waals surface area contributed by atoms with Crippen molar-refractivity contribution in [3.8, 4) is 0 Å². The van der Waals surface area contributed by atoms with Crippen molar-refractivity contribution >= 4 is 11.9 Å². The lowest BCUT2D eigenvalue weighted by atomic mass is 10.00. The lowest BCUT2D eigenvalue weighted by Gasteiger charge is -2.13. The molecule has 0 heterocycles. The number of unbranched alkanes of at least 4 members (excludes halogenated alkanes) is 1. The van der Waals surface area contributed by atoms with E-state index >= 15 is 0 Å². The lowest BCUT2D eigenvalue weighted by Crippen LogP contribution is -2.20. The van der Waals surface area contributed by atoms with Crippen molar-refractivity contribution in [2.45, 2.75) is 52.9 Å². The maximum Gasteiger partial charge on any atom is 0.308 e. The van der Waals surface area contributed by atoms with Crippen LogP contribution in [0.2, 0.25) is 0 Å². The Labute approximate surface area is 157 Å². The van der Waals surface area contributed by atoms with Gasteiger partial charge >= 0.3 is 11.9 Å². The molecule has 0 bridgehead atoms. The van der Waals surface area contributed by atoms with E-state index < -0.39 is 0 Å². The summed E-state index contributed by atoms with van der Waals surface area (Å²) < 4.78 is 26.0. The first kappa shape index (κ1) is 24.8. The van der Waals surface area contributed by atoms with Gasteiger partial charge in [0.15, 0.2) is 0 Å². The first-order valence-corrected chi connectivity index (χ1v) is 9.71. The van der Waals surface area contributed by atoms with Gasteiger partial charge in [-0.05, 0) is 19.8 Å². The van der Waals surface area contributed by atoms with Gasteiger partial charge in [-0.1, -0.05) is 26.7 Å². The molecule has 7 nitrogen and oxygen atoms in total. The van der Waals surface area contributed by atoms with Crippen LogP contribution in [-0.2, 0) is 33.3 Å². The molecule has 0 saturated heterocycles. The van der Waals surface area contributed by atoms with Gasteiger partial charge in [0.1, 0.15) is 6.61 Å². The summed E-state index contributed by atoms with van der Waals surface area (Å²) in [5.74, 6) is -0.374. The van der Waals surface area contributed by atoms with Gasteiger partial charge in [0.05, 0.1) is 58.6 Å². The molecule has 0 aromatic heterocycles. The third kappa shape index (κ3) is 15.1. The molecule has 154 valence electrons. The fraction of sp³-hybridized carbons (Fsp3) is 0.895. The van der Waals surface area contributed by atoms with E-state index in [1.807, 2.05) is 6.92 Å². The Hall–Kier alpha value is -1.18. The fourth-order valence-corrected chi connectivity index (χ4v) is 2.19. The predicted molar refractivity (Wildman–Crippen MR) is 98.0 cm³/mol. The van der Waals surface area contributed by atoms with Gasteiger partial charge in [-0.2, -0.15) is 0 Å². The summed E-state index contributed by atoms with van der Waals surface area (Å²) in [4.78, 5) is 22.9. The fourth-order valence-electron chi connectivity index (χ4n) is 2.19. The van der Waals surface area contributed by atoms with E-state index in [0.717, 1.165) is 25.7 Å². The molecule has 0 amide bonds. The molecule has 1 atom stereocenters. The van der Waals surface area contributed by atoms with E-state index in [1.165, 1.54) is 0 Å². The molecule has 0 radical (unpaired) electrons. The normalized spacial score (nSPS) is 12.0.